The standard InChI is InChI=1S/C30H34N2/c1-4-11-22(12-5-1)19-31-29-27-25-17-10-18-26(27)21-32(20-25)30(29)28(23-13-6-2-7-14-23)24-15-8-3-9-16-24/h1-9,11-16,25-31H,10,17-21H2/t25?,26?,27?,29-,30-/m0/s1. The summed E-state index contributed by atoms with van der Waals surface area (Å²) in [6.45, 7) is 3.53. The van der Waals surface area contributed by atoms with Crippen LogP contribution in [0.25, 0.3) is 0 Å². The summed E-state index contributed by atoms with van der Waals surface area (Å²) in [5, 5.41) is 4.13. The van der Waals surface area contributed by atoms with Crippen molar-refractivity contribution in [2.75, 3.05) is 13.1 Å². The first kappa shape index (κ1) is 20.2. The third kappa shape index (κ3) is 3.70. The predicted octanol–water partition coefficient (Wildman–Crippen LogP) is 5.71. The fourth-order valence-corrected chi connectivity index (χ4v) is 7.21. The second-order valence-electron chi connectivity index (χ2n) is 10.2. The quantitative estimate of drug-likeness (QED) is 0.548. The molecule has 32 heavy (non-hydrogen) atoms. The van der Waals surface area contributed by atoms with Crippen molar-refractivity contribution in [3.63, 3.8) is 0 Å². The van der Waals surface area contributed by atoms with Crippen molar-refractivity contribution in [1.29, 1.82) is 0 Å². The molecule has 2 nitrogen and oxygen atoms in total. The first-order valence-electron chi connectivity index (χ1n) is 12.5. The minimum absolute atomic E-state index is 0.398. The summed E-state index contributed by atoms with van der Waals surface area (Å²) in [6, 6.07) is 34.5. The number of hydrogen-bond acceptors (Lipinski definition) is 2. The Morgan fingerprint density at radius 3 is 1.81 bits per heavy atom. The lowest BCUT2D eigenvalue weighted by Crippen LogP contribution is -2.71. The van der Waals surface area contributed by atoms with Gasteiger partial charge in [0.15, 0.2) is 0 Å². The van der Waals surface area contributed by atoms with Crippen LogP contribution in [0.1, 0.15) is 41.9 Å². The minimum atomic E-state index is 0.398. The lowest BCUT2D eigenvalue weighted by Gasteiger charge is -2.62. The summed E-state index contributed by atoms with van der Waals surface area (Å²) in [6.07, 6.45) is 4.25. The van der Waals surface area contributed by atoms with E-state index in [1.165, 1.54) is 49.0 Å². The minimum Gasteiger partial charge on any atom is -0.308 e. The molecule has 4 atom stereocenters. The maximum Gasteiger partial charge on any atom is 0.0361 e. The summed E-state index contributed by atoms with van der Waals surface area (Å²) < 4.78 is 0. The highest BCUT2D eigenvalue weighted by molar-refractivity contribution is 5.36. The lowest BCUT2D eigenvalue weighted by atomic mass is 9.58. The Morgan fingerprint density at radius 1 is 0.719 bits per heavy atom. The molecule has 3 heterocycles. The SMILES string of the molecule is c1ccc(CN[C@H]2C3C4CCCC3CN(C4)[C@H]2C(c2ccccc2)c2ccccc2)cc1. The van der Waals surface area contributed by atoms with Crippen LogP contribution in [0.5, 0.6) is 0 Å². The van der Waals surface area contributed by atoms with Gasteiger partial charge in [0.2, 0.25) is 0 Å². The summed E-state index contributed by atoms with van der Waals surface area (Å²) in [4.78, 5) is 2.88. The van der Waals surface area contributed by atoms with Crippen LogP contribution in [0.15, 0.2) is 91.0 Å². The number of rotatable bonds is 6. The molecule has 0 spiro atoms. The normalized spacial score (nSPS) is 31.0. The maximum atomic E-state index is 4.13. The van der Waals surface area contributed by atoms with Gasteiger partial charge in [-0.05, 0) is 47.3 Å². The van der Waals surface area contributed by atoms with E-state index in [0.29, 0.717) is 18.0 Å². The first-order valence-corrected chi connectivity index (χ1v) is 12.5. The first-order chi connectivity index (χ1) is 15.9. The largest absolute Gasteiger partial charge is 0.308 e. The summed E-state index contributed by atoms with van der Waals surface area (Å²) in [7, 11) is 0. The van der Waals surface area contributed by atoms with Crippen molar-refractivity contribution in [1.82, 2.24) is 10.2 Å². The zero-order valence-corrected chi connectivity index (χ0v) is 18.8. The van der Waals surface area contributed by atoms with E-state index in [1.807, 2.05) is 0 Å². The van der Waals surface area contributed by atoms with E-state index >= 15 is 0 Å². The third-order valence-electron chi connectivity index (χ3n) is 8.42. The monoisotopic (exact) mass is 422 g/mol. The van der Waals surface area contributed by atoms with E-state index in [-0.39, 0.29) is 0 Å². The lowest BCUT2D eigenvalue weighted by molar-refractivity contribution is -0.0976. The Hall–Kier alpha value is -2.42. The average Bonchev–Trinajstić information content (AvgIpc) is 2.85. The molecule has 7 rings (SSSR count). The van der Waals surface area contributed by atoms with Gasteiger partial charge in [-0.1, -0.05) is 97.4 Å². The van der Waals surface area contributed by atoms with Gasteiger partial charge in [-0.2, -0.15) is 0 Å². The van der Waals surface area contributed by atoms with Gasteiger partial charge in [-0.3, -0.25) is 4.90 Å². The molecule has 0 aromatic heterocycles. The molecule has 3 aromatic carbocycles. The van der Waals surface area contributed by atoms with Gasteiger partial charge < -0.3 is 5.32 Å². The number of benzene rings is 3. The Bertz CT molecular complexity index is 949. The Kier molecular flexibility index (Phi) is 5.58. The van der Waals surface area contributed by atoms with Crippen molar-refractivity contribution in [3.8, 4) is 0 Å². The van der Waals surface area contributed by atoms with E-state index in [9.17, 15) is 0 Å². The molecule has 0 amide bonds. The van der Waals surface area contributed by atoms with Gasteiger partial charge >= 0.3 is 0 Å². The fraction of sp³-hybridized carbons (Fsp3) is 0.400. The molecule has 1 saturated carbocycles. The average molecular weight is 423 g/mol. The van der Waals surface area contributed by atoms with Crippen LogP contribution in [0, 0.1) is 17.8 Å². The number of hydrogen-bond donors (Lipinski definition) is 1. The summed E-state index contributed by atoms with van der Waals surface area (Å²) in [5.41, 5.74) is 4.30. The van der Waals surface area contributed by atoms with E-state index in [1.54, 1.807) is 0 Å². The zero-order valence-electron chi connectivity index (χ0n) is 18.8. The number of fused-ring (bicyclic) bond motifs is 1. The van der Waals surface area contributed by atoms with Crippen molar-refractivity contribution in [3.05, 3.63) is 108 Å². The molecule has 2 unspecified atom stereocenters. The van der Waals surface area contributed by atoms with E-state index in [2.05, 4.69) is 101 Å². The smallest absolute Gasteiger partial charge is 0.0361 e. The fourth-order valence-electron chi connectivity index (χ4n) is 7.21. The van der Waals surface area contributed by atoms with Crippen LogP contribution in [0.3, 0.4) is 0 Å². The second-order valence-corrected chi connectivity index (χ2v) is 10.2. The Labute approximate surface area is 192 Å². The van der Waals surface area contributed by atoms with Crippen LogP contribution >= 0.6 is 0 Å². The van der Waals surface area contributed by atoms with Gasteiger partial charge in [0.25, 0.3) is 0 Å². The summed E-state index contributed by atoms with van der Waals surface area (Å²) >= 11 is 0. The van der Waals surface area contributed by atoms with Crippen molar-refractivity contribution < 1.29 is 0 Å². The molecule has 1 N–H and O–H groups in total. The van der Waals surface area contributed by atoms with Gasteiger partial charge in [-0.15, -0.1) is 0 Å². The molecule has 4 bridgehead atoms. The van der Waals surface area contributed by atoms with E-state index in [0.717, 1.165) is 24.3 Å². The molecule has 1 aliphatic carbocycles. The highest BCUT2D eigenvalue weighted by Crippen LogP contribution is 2.51. The number of nitrogens with zero attached hydrogens (tertiary/aromatic N) is 1. The van der Waals surface area contributed by atoms with Crippen LogP contribution < -0.4 is 5.32 Å². The number of nitrogens with one attached hydrogen (secondary N) is 1. The van der Waals surface area contributed by atoms with Crippen LogP contribution in [0.4, 0.5) is 0 Å². The highest BCUT2D eigenvalue weighted by atomic mass is 15.2. The van der Waals surface area contributed by atoms with Gasteiger partial charge in [-0.25, -0.2) is 0 Å². The highest BCUT2D eigenvalue weighted by Gasteiger charge is 2.55. The maximum absolute atomic E-state index is 4.13. The molecular weight excluding hydrogens is 388 g/mol. The Balaban J connectivity index is 1.40. The van der Waals surface area contributed by atoms with Crippen molar-refractivity contribution >= 4 is 0 Å². The molecule has 3 aliphatic heterocycles. The molecule has 3 saturated heterocycles. The van der Waals surface area contributed by atoms with E-state index in [4.69, 9.17) is 0 Å². The molecule has 0 radical (unpaired) electrons. The molecular formula is C30H34N2. The molecule has 3 aromatic rings. The van der Waals surface area contributed by atoms with Crippen LogP contribution in [-0.2, 0) is 6.54 Å². The van der Waals surface area contributed by atoms with Crippen LogP contribution in [0.2, 0.25) is 0 Å². The van der Waals surface area contributed by atoms with Gasteiger partial charge in [0.05, 0.1) is 0 Å². The topological polar surface area (TPSA) is 15.3 Å². The molecule has 164 valence electrons. The van der Waals surface area contributed by atoms with Crippen molar-refractivity contribution in [2.24, 2.45) is 17.8 Å². The zero-order chi connectivity index (χ0) is 21.3. The summed E-state index contributed by atoms with van der Waals surface area (Å²) in [5.74, 6) is 2.92. The third-order valence-corrected chi connectivity index (χ3v) is 8.42. The van der Waals surface area contributed by atoms with Gasteiger partial charge in [0.1, 0.15) is 0 Å². The van der Waals surface area contributed by atoms with Crippen LogP contribution in [-0.4, -0.2) is 30.1 Å². The van der Waals surface area contributed by atoms with Crippen molar-refractivity contribution in [2.45, 2.75) is 43.8 Å². The molecule has 4 fully saturated rings. The second kappa shape index (κ2) is 8.84. The predicted molar refractivity (Wildman–Crippen MR) is 131 cm³/mol. The molecule has 4 aliphatic rings. The molecule has 2 heteroatoms. The van der Waals surface area contributed by atoms with E-state index < -0.39 is 0 Å². The Morgan fingerprint density at radius 2 is 1.25 bits per heavy atom. The van der Waals surface area contributed by atoms with Gasteiger partial charge in [0, 0.05) is 37.6 Å². The number of piperidine rings is 3.